The summed E-state index contributed by atoms with van der Waals surface area (Å²) in [7, 11) is 1.63. The van der Waals surface area contributed by atoms with Crippen molar-refractivity contribution in [1.29, 1.82) is 0 Å². The van der Waals surface area contributed by atoms with Crippen LogP contribution in [0.25, 0.3) is 5.69 Å². The lowest BCUT2D eigenvalue weighted by Crippen LogP contribution is -2.17. The van der Waals surface area contributed by atoms with Crippen LogP contribution in [-0.4, -0.2) is 39.6 Å². The van der Waals surface area contributed by atoms with Crippen LogP contribution in [0.2, 0.25) is 10.0 Å². The number of hydrogen-bond acceptors (Lipinski definition) is 7. The molecular formula is C24H23Cl2N5O2S. The number of aromatic nitrogens is 4. The lowest BCUT2D eigenvalue weighted by Gasteiger charge is -2.13. The maximum absolute atomic E-state index is 6.08. The third-order valence-electron chi connectivity index (χ3n) is 4.89. The highest BCUT2D eigenvalue weighted by Crippen LogP contribution is 2.30. The molecule has 0 aliphatic heterocycles. The number of halogens is 2. The molecule has 0 saturated heterocycles. The number of para-hydroxylation sites is 1. The molecule has 0 fully saturated rings. The summed E-state index contributed by atoms with van der Waals surface area (Å²) in [6.45, 7) is 1.86. The first-order chi connectivity index (χ1) is 16.6. The SMILES string of the molecule is COc1cc(CNCCSc2nnnn2-c2ccccc2)ccc1OCc1ccc(Cl)c(Cl)c1. The minimum absolute atomic E-state index is 0.366. The maximum Gasteiger partial charge on any atom is 0.214 e. The standard InChI is InChI=1S/C24H23Cl2N5O2S/c1-32-23-14-17(8-10-22(23)33-16-18-7-9-20(25)21(26)13-18)15-27-11-12-34-24-28-29-30-31(24)19-5-3-2-4-6-19/h2-10,13-14,27H,11-12,15-16H2,1H3. The number of hydrogen-bond donors (Lipinski definition) is 1. The zero-order chi connectivity index (χ0) is 23.8. The van der Waals surface area contributed by atoms with E-state index < -0.39 is 0 Å². The van der Waals surface area contributed by atoms with Gasteiger partial charge in [-0.25, -0.2) is 0 Å². The molecule has 10 heteroatoms. The van der Waals surface area contributed by atoms with Crippen molar-refractivity contribution < 1.29 is 9.47 Å². The molecule has 1 aromatic heterocycles. The summed E-state index contributed by atoms with van der Waals surface area (Å²) in [4.78, 5) is 0. The molecule has 34 heavy (non-hydrogen) atoms. The highest BCUT2D eigenvalue weighted by atomic mass is 35.5. The first-order valence-electron chi connectivity index (χ1n) is 10.5. The number of methoxy groups -OCH3 is 1. The molecule has 0 saturated carbocycles. The van der Waals surface area contributed by atoms with Gasteiger partial charge in [0.05, 0.1) is 22.8 Å². The Morgan fingerprint density at radius 3 is 2.56 bits per heavy atom. The number of tetrazole rings is 1. The first kappa shape index (κ1) is 24.3. The van der Waals surface area contributed by atoms with Gasteiger partial charge in [0, 0.05) is 18.8 Å². The third kappa shape index (κ3) is 6.42. The van der Waals surface area contributed by atoms with Gasteiger partial charge in [-0.3, -0.25) is 0 Å². The lowest BCUT2D eigenvalue weighted by molar-refractivity contribution is 0.284. The average Bonchev–Trinajstić information content (AvgIpc) is 3.34. The van der Waals surface area contributed by atoms with Crippen molar-refractivity contribution in [3.8, 4) is 17.2 Å². The molecule has 4 aromatic rings. The fourth-order valence-electron chi connectivity index (χ4n) is 3.18. The largest absolute Gasteiger partial charge is 0.493 e. The van der Waals surface area contributed by atoms with Gasteiger partial charge in [-0.15, -0.1) is 5.10 Å². The fraction of sp³-hybridized carbons (Fsp3) is 0.208. The van der Waals surface area contributed by atoms with E-state index in [2.05, 4.69) is 20.8 Å². The predicted octanol–water partition coefficient (Wildman–Crippen LogP) is 5.44. The van der Waals surface area contributed by atoms with Gasteiger partial charge in [0.25, 0.3) is 0 Å². The lowest BCUT2D eigenvalue weighted by atomic mass is 10.2. The van der Waals surface area contributed by atoms with Crippen molar-refractivity contribution in [1.82, 2.24) is 25.5 Å². The van der Waals surface area contributed by atoms with Gasteiger partial charge in [0.2, 0.25) is 5.16 Å². The topological polar surface area (TPSA) is 74.1 Å². The minimum atomic E-state index is 0.366. The Bertz CT molecular complexity index is 1220. The van der Waals surface area contributed by atoms with Crippen molar-refractivity contribution >= 4 is 35.0 Å². The number of rotatable bonds is 11. The molecule has 1 N–H and O–H groups in total. The summed E-state index contributed by atoms with van der Waals surface area (Å²) < 4.78 is 13.2. The smallest absolute Gasteiger partial charge is 0.214 e. The Kier molecular flexibility index (Phi) is 8.65. The van der Waals surface area contributed by atoms with Gasteiger partial charge in [-0.05, 0) is 58.0 Å². The second-order valence-corrected chi connectivity index (χ2v) is 9.13. The van der Waals surface area contributed by atoms with Crippen molar-refractivity contribution in [2.24, 2.45) is 0 Å². The van der Waals surface area contributed by atoms with Gasteiger partial charge < -0.3 is 14.8 Å². The average molecular weight is 516 g/mol. The summed E-state index contributed by atoms with van der Waals surface area (Å²) in [6.07, 6.45) is 0. The zero-order valence-corrected chi connectivity index (χ0v) is 20.8. The molecule has 0 bridgehead atoms. The molecule has 0 aliphatic carbocycles. The van der Waals surface area contributed by atoms with Crippen molar-refractivity contribution in [3.05, 3.63) is 87.9 Å². The second kappa shape index (κ2) is 12.1. The van der Waals surface area contributed by atoms with Gasteiger partial charge in [0.15, 0.2) is 11.5 Å². The van der Waals surface area contributed by atoms with E-state index >= 15 is 0 Å². The maximum atomic E-state index is 6.08. The van der Waals surface area contributed by atoms with E-state index in [0.717, 1.165) is 34.3 Å². The molecule has 0 spiro atoms. The molecule has 176 valence electrons. The molecule has 3 aromatic carbocycles. The Morgan fingerprint density at radius 2 is 1.76 bits per heavy atom. The number of ether oxygens (including phenoxy) is 2. The molecule has 0 amide bonds. The van der Waals surface area contributed by atoms with E-state index in [9.17, 15) is 0 Å². The normalized spacial score (nSPS) is 10.9. The fourth-order valence-corrected chi connectivity index (χ4v) is 4.29. The van der Waals surface area contributed by atoms with E-state index in [1.165, 1.54) is 0 Å². The summed E-state index contributed by atoms with van der Waals surface area (Å²) in [6, 6.07) is 21.2. The quantitative estimate of drug-likeness (QED) is 0.210. The molecule has 0 aliphatic rings. The van der Waals surface area contributed by atoms with Crippen LogP contribution in [0.15, 0.2) is 71.9 Å². The van der Waals surface area contributed by atoms with Crippen molar-refractivity contribution in [2.75, 3.05) is 19.4 Å². The van der Waals surface area contributed by atoms with Crippen LogP contribution in [0.5, 0.6) is 11.5 Å². The molecular weight excluding hydrogens is 493 g/mol. The zero-order valence-electron chi connectivity index (χ0n) is 18.4. The summed E-state index contributed by atoms with van der Waals surface area (Å²) in [5, 5.41) is 17.2. The Morgan fingerprint density at radius 1 is 0.941 bits per heavy atom. The monoisotopic (exact) mass is 515 g/mol. The minimum Gasteiger partial charge on any atom is -0.493 e. The van der Waals surface area contributed by atoms with Crippen molar-refractivity contribution in [3.63, 3.8) is 0 Å². The van der Waals surface area contributed by atoms with Crippen LogP contribution in [0.4, 0.5) is 0 Å². The Balaban J connectivity index is 1.25. The summed E-state index contributed by atoms with van der Waals surface area (Å²) >= 11 is 13.7. The molecule has 0 radical (unpaired) electrons. The molecule has 7 nitrogen and oxygen atoms in total. The van der Waals surface area contributed by atoms with Gasteiger partial charge in [0.1, 0.15) is 6.61 Å². The van der Waals surface area contributed by atoms with E-state index in [1.807, 2.05) is 54.6 Å². The van der Waals surface area contributed by atoms with E-state index in [1.54, 1.807) is 35.7 Å². The molecule has 0 unspecified atom stereocenters. The van der Waals surface area contributed by atoms with Crippen LogP contribution in [0.3, 0.4) is 0 Å². The first-order valence-corrected chi connectivity index (χ1v) is 12.3. The van der Waals surface area contributed by atoms with E-state index in [4.69, 9.17) is 32.7 Å². The molecule has 0 atom stereocenters. The van der Waals surface area contributed by atoms with Crippen LogP contribution in [0, 0.1) is 0 Å². The van der Waals surface area contributed by atoms with E-state index in [-0.39, 0.29) is 0 Å². The molecule has 4 rings (SSSR count). The summed E-state index contributed by atoms with van der Waals surface area (Å²) in [5.41, 5.74) is 2.97. The van der Waals surface area contributed by atoms with Crippen LogP contribution >= 0.6 is 35.0 Å². The predicted molar refractivity (Wildman–Crippen MR) is 135 cm³/mol. The summed E-state index contributed by atoms with van der Waals surface area (Å²) in [5.74, 6) is 2.17. The number of nitrogens with zero attached hydrogens (tertiary/aromatic N) is 4. The van der Waals surface area contributed by atoms with Crippen LogP contribution in [-0.2, 0) is 13.2 Å². The van der Waals surface area contributed by atoms with Gasteiger partial charge in [-0.2, -0.15) is 4.68 Å². The highest BCUT2D eigenvalue weighted by molar-refractivity contribution is 7.99. The third-order valence-corrected chi connectivity index (χ3v) is 6.55. The number of thioether (sulfide) groups is 1. The van der Waals surface area contributed by atoms with Gasteiger partial charge in [-0.1, -0.05) is 65.3 Å². The molecule has 1 heterocycles. The van der Waals surface area contributed by atoms with E-state index in [0.29, 0.717) is 34.7 Å². The number of benzene rings is 3. The Labute approximate surface area is 212 Å². The number of nitrogens with one attached hydrogen (secondary N) is 1. The van der Waals surface area contributed by atoms with Crippen LogP contribution in [0.1, 0.15) is 11.1 Å². The Hall–Kier alpha value is -2.78. The van der Waals surface area contributed by atoms with Gasteiger partial charge >= 0.3 is 0 Å². The van der Waals surface area contributed by atoms with Crippen LogP contribution < -0.4 is 14.8 Å². The second-order valence-electron chi connectivity index (χ2n) is 7.26. The highest BCUT2D eigenvalue weighted by Gasteiger charge is 2.09. The van der Waals surface area contributed by atoms with Crippen molar-refractivity contribution in [2.45, 2.75) is 18.3 Å².